The minimum Gasteiger partial charge on any atom is -0.391 e. The monoisotopic (exact) mass is 293 g/mol. The number of thioether (sulfide) groups is 1. The van der Waals surface area contributed by atoms with Crippen LogP contribution in [0.4, 0.5) is 0 Å². The van der Waals surface area contributed by atoms with E-state index in [0.29, 0.717) is 9.77 Å². The van der Waals surface area contributed by atoms with Gasteiger partial charge in [0.15, 0.2) is 0 Å². The summed E-state index contributed by atoms with van der Waals surface area (Å²) in [7, 11) is -1.75. The highest BCUT2D eigenvalue weighted by Gasteiger charge is 2.30. The number of rotatable bonds is 4. The molecule has 1 aromatic heterocycles. The van der Waals surface area contributed by atoms with Gasteiger partial charge in [-0.25, -0.2) is 8.42 Å². The first-order valence-corrected chi connectivity index (χ1v) is 8.77. The van der Waals surface area contributed by atoms with Gasteiger partial charge in [-0.2, -0.15) is 16.1 Å². The Morgan fingerprint density at radius 3 is 2.88 bits per heavy atom. The van der Waals surface area contributed by atoms with E-state index in [1.807, 2.05) is 0 Å². The number of hydrogen-bond acceptors (Lipinski definition) is 5. The van der Waals surface area contributed by atoms with Crippen LogP contribution in [0, 0.1) is 0 Å². The molecule has 1 aliphatic rings. The summed E-state index contributed by atoms with van der Waals surface area (Å²) in [5.41, 5.74) is 0. The fourth-order valence-electron chi connectivity index (χ4n) is 1.75. The number of thiophene rings is 1. The molecule has 0 saturated carbocycles. The largest absolute Gasteiger partial charge is 0.391 e. The quantitative estimate of drug-likeness (QED) is 0.911. The van der Waals surface area contributed by atoms with Gasteiger partial charge in [0, 0.05) is 29.1 Å². The van der Waals surface area contributed by atoms with Crippen LogP contribution in [0.1, 0.15) is 11.3 Å². The normalized spacial score (nSPS) is 21.2. The minimum absolute atomic E-state index is 0.0995. The van der Waals surface area contributed by atoms with Gasteiger partial charge in [-0.05, 0) is 18.2 Å². The van der Waals surface area contributed by atoms with Crippen molar-refractivity contribution in [2.45, 2.75) is 24.0 Å². The fourth-order valence-corrected chi connectivity index (χ4v) is 5.62. The molecule has 0 spiro atoms. The van der Waals surface area contributed by atoms with Gasteiger partial charge in [0.05, 0.1) is 11.5 Å². The molecule has 0 radical (unpaired) electrons. The number of aliphatic hydroxyl groups excluding tert-OH is 1. The van der Waals surface area contributed by atoms with Crippen molar-refractivity contribution >= 4 is 33.1 Å². The lowest BCUT2D eigenvalue weighted by atomic mass is 10.3. The number of nitrogens with zero attached hydrogens (tertiary/aromatic N) is 1. The van der Waals surface area contributed by atoms with E-state index in [1.165, 1.54) is 15.6 Å². The Labute approximate surface area is 110 Å². The maximum Gasteiger partial charge on any atom is 0.243 e. The predicted octanol–water partition coefficient (Wildman–Crippen LogP) is 1.37. The SMILES string of the molecule is CN(C1CCSC1)S(=O)(=O)c1csc(CO)c1. The molecular formula is C10H15NO3S3. The summed E-state index contributed by atoms with van der Waals surface area (Å²) < 4.78 is 26.0. The molecule has 4 nitrogen and oxygen atoms in total. The van der Waals surface area contributed by atoms with Gasteiger partial charge >= 0.3 is 0 Å². The Morgan fingerprint density at radius 2 is 2.35 bits per heavy atom. The molecule has 17 heavy (non-hydrogen) atoms. The first kappa shape index (κ1) is 13.4. The standard InChI is InChI=1S/C10H15NO3S3/c1-11(8-2-3-15-6-8)17(13,14)10-4-9(5-12)16-7-10/h4,7-8,12H,2-3,5-6H2,1H3. The molecule has 7 heteroatoms. The van der Waals surface area contributed by atoms with Crippen molar-refractivity contribution in [3.8, 4) is 0 Å². The summed E-state index contributed by atoms with van der Waals surface area (Å²) in [6.45, 7) is -0.108. The van der Waals surface area contributed by atoms with E-state index in [4.69, 9.17) is 5.11 Å². The van der Waals surface area contributed by atoms with E-state index in [9.17, 15) is 8.42 Å². The number of hydrogen-bond donors (Lipinski definition) is 1. The second-order valence-electron chi connectivity index (χ2n) is 3.95. The molecular weight excluding hydrogens is 278 g/mol. The summed E-state index contributed by atoms with van der Waals surface area (Å²) in [6, 6.07) is 1.65. The molecule has 1 aromatic rings. The summed E-state index contributed by atoms with van der Waals surface area (Å²) in [5, 5.41) is 10.6. The Bertz CT molecular complexity index is 477. The molecule has 0 amide bonds. The molecule has 1 N–H and O–H groups in total. The van der Waals surface area contributed by atoms with E-state index < -0.39 is 10.0 Å². The van der Waals surface area contributed by atoms with Crippen molar-refractivity contribution in [1.29, 1.82) is 0 Å². The zero-order valence-electron chi connectivity index (χ0n) is 9.50. The van der Waals surface area contributed by atoms with Gasteiger partial charge in [-0.3, -0.25) is 0 Å². The molecule has 2 rings (SSSR count). The molecule has 0 bridgehead atoms. The van der Waals surface area contributed by atoms with Gasteiger partial charge < -0.3 is 5.11 Å². The van der Waals surface area contributed by atoms with Crippen LogP contribution in [0.3, 0.4) is 0 Å². The van der Waals surface area contributed by atoms with Gasteiger partial charge in [-0.15, -0.1) is 11.3 Å². The van der Waals surface area contributed by atoms with Crippen molar-refractivity contribution in [1.82, 2.24) is 4.31 Å². The Balaban J connectivity index is 2.22. The molecule has 2 heterocycles. The van der Waals surface area contributed by atoms with E-state index in [2.05, 4.69) is 0 Å². The van der Waals surface area contributed by atoms with Crippen LogP contribution in [0.5, 0.6) is 0 Å². The van der Waals surface area contributed by atoms with Crippen molar-refractivity contribution in [2.75, 3.05) is 18.6 Å². The summed E-state index contributed by atoms with van der Waals surface area (Å²) >= 11 is 3.06. The van der Waals surface area contributed by atoms with Crippen LogP contribution < -0.4 is 0 Å². The lowest BCUT2D eigenvalue weighted by molar-refractivity contribution is 0.285. The van der Waals surface area contributed by atoms with Crippen molar-refractivity contribution < 1.29 is 13.5 Å². The third-order valence-corrected chi connectivity index (χ3v) is 6.99. The van der Waals surface area contributed by atoms with Gasteiger partial charge in [0.25, 0.3) is 0 Å². The number of sulfonamides is 1. The average molecular weight is 293 g/mol. The minimum atomic E-state index is -3.39. The van der Waals surface area contributed by atoms with Crippen molar-refractivity contribution in [3.63, 3.8) is 0 Å². The van der Waals surface area contributed by atoms with Crippen LogP contribution in [0.25, 0.3) is 0 Å². The molecule has 1 atom stereocenters. The first-order valence-electron chi connectivity index (χ1n) is 5.29. The van der Waals surface area contributed by atoms with Crippen LogP contribution >= 0.6 is 23.1 Å². The fraction of sp³-hybridized carbons (Fsp3) is 0.600. The maximum atomic E-state index is 12.3. The molecule has 1 fully saturated rings. The molecule has 0 aliphatic carbocycles. The van der Waals surface area contributed by atoms with Crippen molar-refractivity contribution in [2.24, 2.45) is 0 Å². The van der Waals surface area contributed by atoms with Crippen LogP contribution in [0.15, 0.2) is 16.3 Å². The van der Waals surface area contributed by atoms with E-state index in [-0.39, 0.29) is 12.6 Å². The van der Waals surface area contributed by atoms with Crippen LogP contribution in [-0.4, -0.2) is 42.4 Å². The highest BCUT2D eigenvalue weighted by Crippen LogP contribution is 2.28. The number of aliphatic hydroxyl groups is 1. The highest BCUT2D eigenvalue weighted by molar-refractivity contribution is 7.99. The second-order valence-corrected chi connectivity index (χ2v) is 8.09. The van der Waals surface area contributed by atoms with E-state index in [1.54, 1.807) is 30.3 Å². The smallest absolute Gasteiger partial charge is 0.243 e. The lowest BCUT2D eigenvalue weighted by Crippen LogP contribution is -2.36. The summed E-state index contributed by atoms with van der Waals surface area (Å²) in [4.78, 5) is 0.976. The summed E-state index contributed by atoms with van der Waals surface area (Å²) in [5.74, 6) is 1.89. The third-order valence-electron chi connectivity index (χ3n) is 2.88. The predicted molar refractivity (Wildman–Crippen MR) is 70.9 cm³/mol. The molecule has 1 aliphatic heterocycles. The highest BCUT2D eigenvalue weighted by atomic mass is 32.2. The Morgan fingerprint density at radius 1 is 1.59 bits per heavy atom. The molecule has 96 valence electrons. The molecule has 1 saturated heterocycles. The Hall–Kier alpha value is -0.0800. The van der Waals surface area contributed by atoms with Crippen molar-refractivity contribution in [3.05, 3.63) is 16.3 Å². The topological polar surface area (TPSA) is 57.6 Å². The van der Waals surface area contributed by atoms with Gasteiger partial charge in [-0.1, -0.05) is 0 Å². The lowest BCUT2D eigenvalue weighted by Gasteiger charge is -2.22. The second kappa shape index (κ2) is 5.27. The molecule has 0 aromatic carbocycles. The maximum absolute atomic E-state index is 12.3. The average Bonchev–Trinajstić information content (AvgIpc) is 2.98. The first-order chi connectivity index (χ1) is 8.05. The van der Waals surface area contributed by atoms with E-state index >= 15 is 0 Å². The third kappa shape index (κ3) is 2.68. The van der Waals surface area contributed by atoms with Crippen LogP contribution in [-0.2, 0) is 16.6 Å². The van der Waals surface area contributed by atoms with Gasteiger partial charge in [0.1, 0.15) is 0 Å². The molecule has 1 unspecified atom stereocenters. The Kier molecular flexibility index (Phi) is 4.14. The van der Waals surface area contributed by atoms with Crippen LogP contribution in [0.2, 0.25) is 0 Å². The zero-order valence-corrected chi connectivity index (χ0v) is 11.9. The summed E-state index contributed by atoms with van der Waals surface area (Å²) in [6.07, 6.45) is 0.914. The van der Waals surface area contributed by atoms with E-state index in [0.717, 1.165) is 17.9 Å². The zero-order chi connectivity index (χ0) is 12.5. The van der Waals surface area contributed by atoms with Gasteiger partial charge in [0.2, 0.25) is 10.0 Å².